The van der Waals surface area contributed by atoms with Crippen LogP contribution in [0.4, 0.5) is 5.69 Å². The number of para-hydroxylation sites is 1. The van der Waals surface area contributed by atoms with Gasteiger partial charge in [-0.2, -0.15) is 0 Å². The predicted molar refractivity (Wildman–Crippen MR) is 79.5 cm³/mol. The van der Waals surface area contributed by atoms with E-state index in [0.29, 0.717) is 0 Å². The van der Waals surface area contributed by atoms with E-state index in [0.717, 1.165) is 28.9 Å². The summed E-state index contributed by atoms with van der Waals surface area (Å²) in [6.45, 7) is 5.89. The largest absolute Gasteiger partial charge is 0.503 e. The molecule has 0 heterocycles. The van der Waals surface area contributed by atoms with Crippen LogP contribution in [0.3, 0.4) is 0 Å². The lowest BCUT2D eigenvalue weighted by Crippen LogP contribution is -2.31. The third kappa shape index (κ3) is 3.51. The van der Waals surface area contributed by atoms with E-state index in [4.69, 9.17) is 16.3 Å². The van der Waals surface area contributed by atoms with Gasteiger partial charge in [-0.3, -0.25) is 9.69 Å². The SMILES string of the molecule is CCc1cccc(C)c1N(C(=O)CCl)/C(C)=C/OC. The van der Waals surface area contributed by atoms with Gasteiger partial charge in [-0.15, -0.1) is 11.6 Å². The summed E-state index contributed by atoms with van der Waals surface area (Å²) < 4.78 is 5.02. The molecule has 19 heavy (non-hydrogen) atoms. The highest BCUT2D eigenvalue weighted by Crippen LogP contribution is 2.29. The summed E-state index contributed by atoms with van der Waals surface area (Å²) in [7, 11) is 1.56. The van der Waals surface area contributed by atoms with Crippen LogP contribution >= 0.6 is 11.6 Å². The lowest BCUT2D eigenvalue weighted by Gasteiger charge is -2.26. The Morgan fingerprint density at radius 1 is 1.47 bits per heavy atom. The Labute approximate surface area is 119 Å². The summed E-state index contributed by atoms with van der Waals surface area (Å²) in [6.07, 6.45) is 2.40. The number of ether oxygens (including phenoxy) is 1. The summed E-state index contributed by atoms with van der Waals surface area (Å²) in [5.41, 5.74) is 3.78. The molecule has 0 bridgehead atoms. The van der Waals surface area contributed by atoms with Crippen LogP contribution in [0.1, 0.15) is 25.0 Å². The second-order valence-electron chi connectivity index (χ2n) is 4.29. The number of amides is 1. The molecule has 0 aliphatic carbocycles. The molecule has 1 aromatic rings. The Bertz CT molecular complexity index is 483. The number of rotatable bonds is 5. The third-order valence-corrected chi connectivity index (χ3v) is 3.16. The maximum Gasteiger partial charge on any atom is 0.246 e. The summed E-state index contributed by atoms with van der Waals surface area (Å²) in [5.74, 6) is -0.219. The first kappa shape index (κ1) is 15.6. The highest BCUT2D eigenvalue weighted by atomic mass is 35.5. The molecule has 0 atom stereocenters. The smallest absolute Gasteiger partial charge is 0.246 e. The minimum atomic E-state index is -0.156. The van der Waals surface area contributed by atoms with E-state index < -0.39 is 0 Å². The van der Waals surface area contributed by atoms with E-state index >= 15 is 0 Å². The van der Waals surface area contributed by atoms with Crippen molar-refractivity contribution in [1.82, 2.24) is 0 Å². The highest BCUT2D eigenvalue weighted by molar-refractivity contribution is 6.29. The van der Waals surface area contributed by atoms with E-state index in [1.54, 1.807) is 18.3 Å². The second-order valence-corrected chi connectivity index (χ2v) is 4.56. The number of alkyl halides is 1. The van der Waals surface area contributed by atoms with E-state index in [1.807, 2.05) is 32.0 Å². The van der Waals surface area contributed by atoms with Crippen molar-refractivity contribution in [3.63, 3.8) is 0 Å². The molecular weight excluding hydrogens is 262 g/mol. The molecule has 0 fully saturated rings. The zero-order chi connectivity index (χ0) is 14.4. The number of hydrogen-bond acceptors (Lipinski definition) is 2. The van der Waals surface area contributed by atoms with Crippen LogP contribution in [-0.2, 0) is 16.0 Å². The van der Waals surface area contributed by atoms with Gasteiger partial charge in [0, 0.05) is 0 Å². The summed E-state index contributed by atoms with van der Waals surface area (Å²) in [6, 6.07) is 6.01. The summed E-state index contributed by atoms with van der Waals surface area (Å²) in [4.78, 5) is 13.8. The fourth-order valence-corrected chi connectivity index (χ4v) is 2.23. The highest BCUT2D eigenvalue weighted by Gasteiger charge is 2.21. The van der Waals surface area contributed by atoms with E-state index in [1.165, 1.54) is 0 Å². The summed E-state index contributed by atoms with van der Waals surface area (Å²) >= 11 is 5.73. The van der Waals surface area contributed by atoms with Crippen molar-refractivity contribution in [3.8, 4) is 0 Å². The standard InChI is InChI=1S/C15H20ClNO2/c1-5-13-8-6-7-11(2)15(13)17(14(18)9-16)12(3)10-19-4/h6-8,10H,5,9H2,1-4H3/b12-10+. The molecule has 0 N–H and O–H groups in total. The molecule has 0 unspecified atom stereocenters. The van der Waals surface area contributed by atoms with Crippen molar-refractivity contribution in [2.24, 2.45) is 0 Å². The molecule has 4 heteroatoms. The molecule has 1 aromatic carbocycles. The van der Waals surface area contributed by atoms with Gasteiger partial charge in [0.2, 0.25) is 5.91 Å². The molecule has 1 rings (SSSR count). The second kappa shape index (κ2) is 7.19. The maximum atomic E-state index is 12.1. The van der Waals surface area contributed by atoms with E-state index in [-0.39, 0.29) is 11.8 Å². The number of benzene rings is 1. The minimum Gasteiger partial charge on any atom is -0.503 e. The Hall–Kier alpha value is -1.48. The number of methoxy groups -OCH3 is 1. The Balaban J connectivity index is 3.41. The Morgan fingerprint density at radius 3 is 2.68 bits per heavy atom. The first-order valence-corrected chi connectivity index (χ1v) is 6.77. The van der Waals surface area contributed by atoms with Gasteiger partial charge < -0.3 is 4.74 Å². The van der Waals surface area contributed by atoms with Crippen LogP contribution in [0, 0.1) is 6.92 Å². The van der Waals surface area contributed by atoms with Crippen molar-refractivity contribution in [3.05, 3.63) is 41.3 Å². The molecule has 0 aliphatic rings. The molecular formula is C15H20ClNO2. The number of nitrogens with zero attached hydrogens (tertiary/aromatic N) is 1. The van der Waals surface area contributed by atoms with Crippen LogP contribution in [0.15, 0.2) is 30.2 Å². The first-order valence-electron chi connectivity index (χ1n) is 6.23. The lowest BCUT2D eigenvalue weighted by atomic mass is 10.0. The van der Waals surface area contributed by atoms with E-state index in [9.17, 15) is 4.79 Å². The van der Waals surface area contributed by atoms with E-state index in [2.05, 4.69) is 6.92 Å². The molecule has 0 aromatic heterocycles. The number of halogens is 1. The summed E-state index contributed by atoms with van der Waals surface area (Å²) in [5, 5.41) is 0. The molecule has 1 amide bonds. The van der Waals surface area contributed by atoms with Crippen LogP contribution < -0.4 is 4.90 Å². The van der Waals surface area contributed by atoms with Crippen LogP contribution in [0.5, 0.6) is 0 Å². The van der Waals surface area contributed by atoms with Gasteiger partial charge in [-0.05, 0) is 31.4 Å². The van der Waals surface area contributed by atoms with Crippen molar-refractivity contribution in [2.75, 3.05) is 17.9 Å². The third-order valence-electron chi connectivity index (χ3n) is 2.93. The molecule has 3 nitrogen and oxygen atoms in total. The number of carbonyl (C=O) groups is 1. The normalized spacial score (nSPS) is 11.3. The molecule has 0 radical (unpaired) electrons. The van der Waals surface area contributed by atoms with Gasteiger partial charge in [0.1, 0.15) is 12.1 Å². The van der Waals surface area contributed by atoms with Crippen LogP contribution in [0.25, 0.3) is 0 Å². The number of aryl methyl sites for hydroxylation is 2. The molecule has 0 spiro atoms. The maximum absolute atomic E-state index is 12.1. The fourth-order valence-electron chi connectivity index (χ4n) is 2.11. The van der Waals surface area contributed by atoms with Crippen molar-refractivity contribution in [1.29, 1.82) is 0 Å². The average molecular weight is 282 g/mol. The minimum absolute atomic E-state index is 0.0631. The molecule has 0 saturated carbocycles. The fraction of sp³-hybridized carbons (Fsp3) is 0.400. The van der Waals surface area contributed by atoms with Gasteiger partial charge in [0.15, 0.2) is 0 Å². The van der Waals surface area contributed by atoms with Gasteiger partial charge in [-0.1, -0.05) is 25.1 Å². The van der Waals surface area contributed by atoms with Crippen molar-refractivity contribution in [2.45, 2.75) is 27.2 Å². The lowest BCUT2D eigenvalue weighted by molar-refractivity contribution is -0.115. The Kier molecular flexibility index (Phi) is 5.90. The van der Waals surface area contributed by atoms with Gasteiger partial charge >= 0.3 is 0 Å². The quantitative estimate of drug-likeness (QED) is 0.609. The van der Waals surface area contributed by atoms with Crippen LogP contribution in [-0.4, -0.2) is 18.9 Å². The average Bonchev–Trinajstić information content (AvgIpc) is 2.40. The predicted octanol–water partition coefficient (Wildman–Crippen LogP) is 3.64. The molecule has 104 valence electrons. The zero-order valence-electron chi connectivity index (χ0n) is 11.9. The number of carbonyl (C=O) groups excluding carboxylic acids is 1. The van der Waals surface area contributed by atoms with Gasteiger partial charge in [0.05, 0.1) is 18.5 Å². The molecule has 0 saturated heterocycles. The van der Waals surface area contributed by atoms with Crippen molar-refractivity contribution < 1.29 is 9.53 Å². The first-order chi connectivity index (χ1) is 9.06. The van der Waals surface area contributed by atoms with Gasteiger partial charge in [-0.25, -0.2) is 0 Å². The number of allylic oxidation sites excluding steroid dienone is 1. The van der Waals surface area contributed by atoms with Crippen LogP contribution in [0.2, 0.25) is 0 Å². The van der Waals surface area contributed by atoms with Gasteiger partial charge in [0.25, 0.3) is 0 Å². The number of anilines is 1. The topological polar surface area (TPSA) is 29.5 Å². The zero-order valence-corrected chi connectivity index (χ0v) is 12.6. The molecule has 0 aliphatic heterocycles. The van der Waals surface area contributed by atoms with Crippen molar-refractivity contribution >= 4 is 23.2 Å². The number of hydrogen-bond donors (Lipinski definition) is 0. The monoisotopic (exact) mass is 281 g/mol. The Morgan fingerprint density at radius 2 is 2.16 bits per heavy atom.